The number of aromatic amines is 1. The molecule has 1 aromatic carbocycles. The zero-order valence-electron chi connectivity index (χ0n) is 13.6. The number of likely N-dealkylation sites (N-methyl/N-ethyl adjacent to an activating group) is 1. The van der Waals surface area contributed by atoms with Crippen LogP contribution >= 0.6 is 0 Å². The van der Waals surface area contributed by atoms with Gasteiger partial charge in [-0.3, -0.25) is 4.79 Å². The van der Waals surface area contributed by atoms with E-state index < -0.39 is 5.60 Å². The van der Waals surface area contributed by atoms with Gasteiger partial charge in [0.2, 0.25) is 0 Å². The maximum Gasteiger partial charge on any atom is 0.270 e. The fourth-order valence-electron chi connectivity index (χ4n) is 3.62. The van der Waals surface area contributed by atoms with E-state index >= 15 is 0 Å². The molecule has 1 saturated carbocycles. The lowest BCUT2D eigenvalue weighted by Crippen LogP contribution is -2.42. The number of fused-ring (bicyclic) bond motifs is 1. The van der Waals surface area contributed by atoms with Gasteiger partial charge in [-0.15, -0.1) is 0 Å². The topological polar surface area (TPSA) is 56.3 Å². The Bertz CT molecular complexity index is 711. The first-order valence-corrected chi connectivity index (χ1v) is 7.96. The molecule has 2 aromatic rings. The van der Waals surface area contributed by atoms with Crippen molar-refractivity contribution in [3.05, 3.63) is 35.0 Å². The summed E-state index contributed by atoms with van der Waals surface area (Å²) in [6, 6.07) is 6.10. The van der Waals surface area contributed by atoms with Gasteiger partial charge in [0.15, 0.2) is 0 Å². The minimum absolute atomic E-state index is 0.0615. The molecule has 3 rings (SSSR count). The Labute approximate surface area is 131 Å². The molecule has 4 nitrogen and oxygen atoms in total. The van der Waals surface area contributed by atoms with Crippen molar-refractivity contribution < 1.29 is 9.90 Å². The first kappa shape index (κ1) is 15.1. The first-order valence-electron chi connectivity index (χ1n) is 7.96. The van der Waals surface area contributed by atoms with Crippen LogP contribution in [0.5, 0.6) is 0 Å². The second-order valence-corrected chi connectivity index (χ2v) is 6.82. The summed E-state index contributed by atoms with van der Waals surface area (Å²) in [6.07, 6.45) is 3.66. The number of aromatic nitrogens is 1. The number of amides is 1. The summed E-state index contributed by atoms with van der Waals surface area (Å²) in [5, 5.41) is 11.6. The molecule has 4 heteroatoms. The van der Waals surface area contributed by atoms with Crippen LogP contribution in [0.15, 0.2) is 18.2 Å². The van der Waals surface area contributed by atoms with Crippen LogP contribution in [0.2, 0.25) is 0 Å². The van der Waals surface area contributed by atoms with Crippen molar-refractivity contribution in [3.63, 3.8) is 0 Å². The molecule has 0 saturated heterocycles. The monoisotopic (exact) mass is 300 g/mol. The molecule has 0 unspecified atom stereocenters. The zero-order chi connectivity index (χ0) is 15.9. The van der Waals surface area contributed by atoms with Crippen LogP contribution in [0.25, 0.3) is 10.9 Å². The molecule has 2 N–H and O–H groups in total. The molecule has 0 aliphatic heterocycles. The van der Waals surface area contributed by atoms with E-state index in [1.165, 1.54) is 11.1 Å². The lowest BCUT2D eigenvalue weighted by molar-refractivity contribution is 0.0155. The maximum absolute atomic E-state index is 12.6. The fraction of sp³-hybridized carbons (Fsp3) is 0.500. The van der Waals surface area contributed by atoms with Crippen LogP contribution < -0.4 is 0 Å². The summed E-state index contributed by atoms with van der Waals surface area (Å²) in [7, 11) is 1.77. The highest BCUT2D eigenvalue weighted by Crippen LogP contribution is 2.30. The van der Waals surface area contributed by atoms with Crippen molar-refractivity contribution in [2.75, 3.05) is 13.6 Å². The van der Waals surface area contributed by atoms with Gasteiger partial charge >= 0.3 is 0 Å². The smallest absolute Gasteiger partial charge is 0.270 e. The number of benzene rings is 1. The first-order chi connectivity index (χ1) is 10.4. The molecule has 1 aromatic heterocycles. The number of nitrogens with one attached hydrogen (secondary N) is 1. The Kier molecular flexibility index (Phi) is 3.73. The highest BCUT2D eigenvalue weighted by atomic mass is 16.3. The Hall–Kier alpha value is -1.81. The Morgan fingerprint density at radius 2 is 1.95 bits per heavy atom. The lowest BCUT2D eigenvalue weighted by Gasteiger charge is -2.28. The van der Waals surface area contributed by atoms with Crippen molar-refractivity contribution in [3.8, 4) is 0 Å². The van der Waals surface area contributed by atoms with Gasteiger partial charge in [0.25, 0.3) is 5.91 Å². The van der Waals surface area contributed by atoms with Gasteiger partial charge in [-0.1, -0.05) is 18.9 Å². The van der Waals surface area contributed by atoms with Gasteiger partial charge in [-0.05, 0) is 49.9 Å². The number of H-pyrrole nitrogens is 1. The molecule has 0 atom stereocenters. The molecule has 1 aliphatic carbocycles. The molecule has 118 valence electrons. The largest absolute Gasteiger partial charge is 0.388 e. The van der Waals surface area contributed by atoms with Crippen LogP contribution in [0.3, 0.4) is 0 Å². The maximum atomic E-state index is 12.6. The minimum Gasteiger partial charge on any atom is -0.388 e. The van der Waals surface area contributed by atoms with Crippen molar-refractivity contribution >= 4 is 16.8 Å². The van der Waals surface area contributed by atoms with Crippen molar-refractivity contribution in [1.29, 1.82) is 0 Å². The van der Waals surface area contributed by atoms with Crippen molar-refractivity contribution in [2.45, 2.75) is 45.1 Å². The molecule has 1 fully saturated rings. The number of carbonyl (C=O) groups excluding carboxylic acids is 1. The average molecular weight is 300 g/mol. The quantitative estimate of drug-likeness (QED) is 0.915. The van der Waals surface area contributed by atoms with Gasteiger partial charge in [-0.25, -0.2) is 0 Å². The predicted molar refractivity (Wildman–Crippen MR) is 88.2 cm³/mol. The number of hydrogen-bond acceptors (Lipinski definition) is 2. The van der Waals surface area contributed by atoms with Crippen molar-refractivity contribution in [2.24, 2.45) is 0 Å². The van der Waals surface area contributed by atoms with E-state index in [1.54, 1.807) is 11.9 Å². The second kappa shape index (κ2) is 5.43. The summed E-state index contributed by atoms with van der Waals surface area (Å²) in [6.45, 7) is 4.51. The number of rotatable bonds is 3. The Morgan fingerprint density at radius 1 is 1.27 bits per heavy atom. The number of aryl methyl sites for hydroxylation is 2. The molecule has 1 amide bonds. The molecular formula is C18H24N2O2. The molecule has 0 radical (unpaired) electrons. The highest BCUT2D eigenvalue weighted by Gasteiger charge is 2.33. The van der Waals surface area contributed by atoms with Crippen LogP contribution in [0.1, 0.15) is 47.3 Å². The lowest BCUT2D eigenvalue weighted by atomic mass is 10.0. The molecule has 1 heterocycles. The molecule has 0 bridgehead atoms. The number of nitrogens with zero attached hydrogens (tertiary/aromatic N) is 1. The second-order valence-electron chi connectivity index (χ2n) is 6.82. The average Bonchev–Trinajstić information content (AvgIpc) is 3.04. The number of hydrogen-bond donors (Lipinski definition) is 2. The van der Waals surface area contributed by atoms with Crippen LogP contribution in [0.4, 0.5) is 0 Å². The third-order valence-electron chi connectivity index (χ3n) is 4.73. The van der Waals surface area contributed by atoms with E-state index in [4.69, 9.17) is 0 Å². The van der Waals surface area contributed by atoms with Crippen molar-refractivity contribution in [1.82, 2.24) is 9.88 Å². The van der Waals surface area contributed by atoms with Crippen LogP contribution in [-0.4, -0.2) is 40.1 Å². The fourth-order valence-corrected chi connectivity index (χ4v) is 3.62. The van der Waals surface area contributed by atoms with E-state index in [0.29, 0.717) is 12.2 Å². The van der Waals surface area contributed by atoms with Gasteiger partial charge in [0.05, 0.1) is 5.60 Å². The predicted octanol–water partition coefficient (Wildman–Crippen LogP) is 3.16. The van der Waals surface area contributed by atoms with E-state index in [1.807, 2.05) is 6.07 Å². The summed E-state index contributed by atoms with van der Waals surface area (Å²) in [5.41, 5.74) is 3.23. The molecule has 1 aliphatic rings. The summed E-state index contributed by atoms with van der Waals surface area (Å²) >= 11 is 0. The van der Waals surface area contributed by atoms with Gasteiger partial charge < -0.3 is 15.0 Å². The number of aliphatic hydroxyl groups is 1. The van der Waals surface area contributed by atoms with Gasteiger partial charge in [-0.2, -0.15) is 0 Å². The molecule has 22 heavy (non-hydrogen) atoms. The standard InChI is InChI=1S/C18H24N2O2/c1-12-8-13(2)14-10-16(19-15(14)9-12)17(21)20(3)11-18(22)6-4-5-7-18/h8-10,19,22H,4-7,11H2,1-3H3. The normalized spacial score (nSPS) is 17.1. The van der Waals surface area contributed by atoms with Crippen LogP contribution in [0, 0.1) is 13.8 Å². The van der Waals surface area contributed by atoms with E-state index in [-0.39, 0.29) is 5.91 Å². The third kappa shape index (κ3) is 2.75. The Balaban J connectivity index is 1.84. The van der Waals surface area contributed by atoms with Gasteiger partial charge in [0.1, 0.15) is 5.69 Å². The summed E-state index contributed by atoms with van der Waals surface area (Å²) < 4.78 is 0. The third-order valence-corrected chi connectivity index (χ3v) is 4.73. The molecule has 0 spiro atoms. The summed E-state index contributed by atoms with van der Waals surface area (Å²) in [5.74, 6) is -0.0615. The van der Waals surface area contributed by atoms with E-state index in [0.717, 1.165) is 36.6 Å². The van der Waals surface area contributed by atoms with Gasteiger partial charge in [0, 0.05) is 24.5 Å². The highest BCUT2D eigenvalue weighted by molar-refractivity contribution is 5.98. The minimum atomic E-state index is -0.705. The Morgan fingerprint density at radius 3 is 2.64 bits per heavy atom. The number of carbonyl (C=O) groups is 1. The molecular weight excluding hydrogens is 276 g/mol. The van der Waals surface area contributed by atoms with Crippen LogP contribution in [-0.2, 0) is 0 Å². The SMILES string of the molecule is Cc1cc(C)c2cc(C(=O)N(C)CC3(O)CCCC3)[nH]c2c1. The van der Waals surface area contributed by atoms with E-state index in [9.17, 15) is 9.90 Å². The summed E-state index contributed by atoms with van der Waals surface area (Å²) in [4.78, 5) is 17.5. The zero-order valence-corrected chi connectivity index (χ0v) is 13.6. The van der Waals surface area contributed by atoms with E-state index in [2.05, 4.69) is 31.0 Å².